The molecule has 1 aliphatic carbocycles. The second kappa shape index (κ2) is 8.12. The van der Waals surface area contributed by atoms with Gasteiger partial charge in [-0.1, -0.05) is 18.2 Å². The van der Waals surface area contributed by atoms with Crippen molar-refractivity contribution < 1.29 is 14.6 Å². The van der Waals surface area contributed by atoms with E-state index in [2.05, 4.69) is 4.98 Å². The zero-order chi connectivity index (χ0) is 17.6. The summed E-state index contributed by atoms with van der Waals surface area (Å²) in [5.74, 6) is 1.54. The van der Waals surface area contributed by atoms with E-state index in [9.17, 15) is 9.90 Å². The Hall–Kier alpha value is -2.40. The van der Waals surface area contributed by atoms with Gasteiger partial charge in [0.2, 0.25) is 5.88 Å². The molecule has 3 rings (SSSR count). The Balaban J connectivity index is 1.60. The molecular weight excluding hydrogens is 316 g/mol. The van der Waals surface area contributed by atoms with Gasteiger partial charge in [0, 0.05) is 32.0 Å². The first-order valence-electron chi connectivity index (χ1n) is 8.74. The van der Waals surface area contributed by atoms with E-state index in [1.807, 2.05) is 42.3 Å². The van der Waals surface area contributed by atoms with Crippen molar-refractivity contribution in [2.75, 3.05) is 13.7 Å². The van der Waals surface area contributed by atoms with E-state index in [1.165, 1.54) is 0 Å². The number of benzene rings is 1. The number of aliphatic hydroxyl groups excluding tert-OH is 1. The van der Waals surface area contributed by atoms with Gasteiger partial charge in [-0.25, -0.2) is 4.98 Å². The highest BCUT2D eigenvalue weighted by atomic mass is 16.5. The third kappa shape index (κ3) is 4.37. The van der Waals surface area contributed by atoms with Crippen LogP contribution in [0, 0.1) is 5.92 Å². The lowest BCUT2D eigenvalue weighted by Gasteiger charge is -2.34. The van der Waals surface area contributed by atoms with Gasteiger partial charge in [-0.2, -0.15) is 0 Å². The molecule has 1 saturated carbocycles. The number of carbonyl (C=O) groups is 1. The molecular formula is C20H24N2O3. The maximum atomic E-state index is 12.7. The minimum atomic E-state index is -0.0220. The van der Waals surface area contributed by atoms with Crippen LogP contribution < -0.4 is 4.74 Å². The number of nitrogens with zero attached hydrogens (tertiary/aromatic N) is 2. The Labute approximate surface area is 148 Å². The van der Waals surface area contributed by atoms with Crippen molar-refractivity contribution in [1.29, 1.82) is 0 Å². The monoisotopic (exact) mass is 340 g/mol. The number of carbonyl (C=O) groups excluding carboxylic acids is 1. The largest absolute Gasteiger partial charge is 0.439 e. The molecule has 0 unspecified atom stereocenters. The van der Waals surface area contributed by atoms with Gasteiger partial charge >= 0.3 is 0 Å². The molecule has 2 aromatic rings. The number of aromatic nitrogens is 1. The zero-order valence-electron chi connectivity index (χ0n) is 14.5. The average molecular weight is 340 g/mol. The fraction of sp³-hybridized carbons (Fsp3) is 0.400. The number of pyridine rings is 1. The van der Waals surface area contributed by atoms with Crippen molar-refractivity contribution in [3.63, 3.8) is 0 Å². The highest BCUT2D eigenvalue weighted by Gasteiger charge is 2.26. The molecule has 1 amide bonds. The third-order valence-corrected chi connectivity index (χ3v) is 4.89. The normalized spacial score (nSPS) is 20.1. The molecule has 1 aromatic heterocycles. The van der Waals surface area contributed by atoms with Crippen LogP contribution in [0.1, 0.15) is 36.0 Å². The second-order valence-electron chi connectivity index (χ2n) is 6.57. The standard InChI is InChI=1S/C20H24N2O3/c1-22(17-10-7-15(14-23)8-11-17)20(24)16-9-12-19(21-13-16)25-18-5-3-2-4-6-18/h2-6,9,12-13,15,17,23H,7-8,10-11,14H2,1H3. The molecule has 1 aromatic carbocycles. The van der Waals surface area contributed by atoms with E-state index < -0.39 is 0 Å². The van der Waals surface area contributed by atoms with Gasteiger partial charge in [-0.15, -0.1) is 0 Å². The predicted octanol–water partition coefficient (Wildman–Crippen LogP) is 3.50. The van der Waals surface area contributed by atoms with Gasteiger partial charge in [-0.05, 0) is 49.8 Å². The van der Waals surface area contributed by atoms with Crippen molar-refractivity contribution in [1.82, 2.24) is 9.88 Å². The second-order valence-corrected chi connectivity index (χ2v) is 6.57. The fourth-order valence-corrected chi connectivity index (χ4v) is 3.26. The summed E-state index contributed by atoms with van der Waals surface area (Å²) >= 11 is 0. The minimum Gasteiger partial charge on any atom is -0.439 e. The molecule has 5 nitrogen and oxygen atoms in total. The highest BCUT2D eigenvalue weighted by Crippen LogP contribution is 2.27. The maximum absolute atomic E-state index is 12.7. The van der Waals surface area contributed by atoms with E-state index in [1.54, 1.807) is 18.3 Å². The van der Waals surface area contributed by atoms with Crippen molar-refractivity contribution in [3.8, 4) is 11.6 Å². The van der Waals surface area contributed by atoms with E-state index in [-0.39, 0.29) is 18.6 Å². The van der Waals surface area contributed by atoms with Crippen LogP contribution in [0.15, 0.2) is 48.7 Å². The minimum absolute atomic E-state index is 0.0220. The summed E-state index contributed by atoms with van der Waals surface area (Å²) in [6, 6.07) is 13.1. The van der Waals surface area contributed by atoms with Crippen LogP contribution in [0.25, 0.3) is 0 Å². The van der Waals surface area contributed by atoms with Crippen molar-refractivity contribution in [3.05, 3.63) is 54.2 Å². The Kier molecular flexibility index (Phi) is 5.66. The van der Waals surface area contributed by atoms with Crippen LogP contribution in [0.5, 0.6) is 11.6 Å². The van der Waals surface area contributed by atoms with E-state index >= 15 is 0 Å². The van der Waals surface area contributed by atoms with Gasteiger partial charge in [0.1, 0.15) is 5.75 Å². The zero-order valence-corrected chi connectivity index (χ0v) is 14.5. The first-order valence-corrected chi connectivity index (χ1v) is 8.74. The molecule has 1 heterocycles. The number of rotatable bonds is 5. The van der Waals surface area contributed by atoms with Crippen molar-refractivity contribution in [2.45, 2.75) is 31.7 Å². The van der Waals surface area contributed by atoms with Gasteiger partial charge in [0.15, 0.2) is 0 Å². The molecule has 0 atom stereocenters. The molecule has 1 N–H and O–H groups in total. The molecule has 5 heteroatoms. The molecule has 0 bridgehead atoms. The smallest absolute Gasteiger partial charge is 0.255 e. The molecule has 0 saturated heterocycles. The first kappa shape index (κ1) is 17.4. The van der Waals surface area contributed by atoms with E-state index in [0.717, 1.165) is 25.7 Å². The summed E-state index contributed by atoms with van der Waals surface area (Å²) in [5, 5.41) is 9.23. The number of hydrogen-bond acceptors (Lipinski definition) is 4. The number of hydrogen-bond donors (Lipinski definition) is 1. The maximum Gasteiger partial charge on any atom is 0.255 e. The Bertz CT molecular complexity index is 680. The molecule has 0 aliphatic heterocycles. The van der Waals surface area contributed by atoms with Crippen LogP contribution >= 0.6 is 0 Å². The van der Waals surface area contributed by atoms with E-state index in [4.69, 9.17) is 4.74 Å². The Morgan fingerprint density at radius 1 is 1.16 bits per heavy atom. The van der Waals surface area contributed by atoms with Crippen molar-refractivity contribution in [2.24, 2.45) is 5.92 Å². The van der Waals surface area contributed by atoms with Crippen LogP contribution in [-0.4, -0.2) is 40.6 Å². The third-order valence-electron chi connectivity index (χ3n) is 4.89. The topological polar surface area (TPSA) is 62.7 Å². The molecule has 25 heavy (non-hydrogen) atoms. The predicted molar refractivity (Wildman–Crippen MR) is 95.7 cm³/mol. The lowest BCUT2D eigenvalue weighted by molar-refractivity contribution is 0.0652. The Morgan fingerprint density at radius 3 is 2.48 bits per heavy atom. The molecule has 0 spiro atoms. The van der Waals surface area contributed by atoms with Crippen LogP contribution in [0.2, 0.25) is 0 Å². The summed E-state index contributed by atoms with van der Waals surface area (Å²) in [6.07, 6.45) is 5.39. The summed E-state index contributed by atoms with van der Waals surface area (Å²) in [6.45, 7) is 0.247. The van der Waals surface area contributed by atoms with Crippen LogP contribution in [0.3, 0.4) is 0 Å². The van der Waals surface area contributed by atoms with Crippen molar-refractivity contribution >= 4 is 5.91 Å². The highest BCUT2D eigenvalue weighted by molar-refractivity contribution is 5.94. The van der Waals surface area contributed by atoms with Gasteiger partial charge in [0.25, 0.3) is 5.91 Å². The number of ether oxygens (including phenoxy) is 1. The number of para-hydroxylation sites is 1. The lowest BCUT2D eigenvalue weighted by atomic mass is 9.86. The number of amides is 1. The quantitative estimate of drug-likeness (QED) is 0.905. The molecule has 1 aliphatic rings. The fourth-order valence-electron chi connectivity index (χ4n) is 3.26. The molecule has 0 radical (unpaired) electrons. The summed E-state index contributed by atoms with van der Waals surface area (Å²) in [5.41, 5.74) is 0.562. The SMILES string of the molecule is CN(C(=O)c1ccc(Oc2ccccc2)nc1)C1CCC(CO)CC1. The first-order chi connectivity index (χ1) is 12.2. The van der Waals surface area contributed by atoms with Crippen LogP contribution in [0.4, 0.5) is 0 Å². The average Bonchev–Trinajstić information content (AvgIpc) is 2.68. The Morgan fingerprint density at radius 2 is 1.88 bits per heavy atom. The van der Waals surface area contributed by atoms with Gasteiger partial charge in [-0.3, -0.25) is 4.79 Å². The molecule has 1 fully saturated rings. The summed E-state index contributed by atoms with van der Waals surface area (Å²) in [7, 11) is 1.85. The van der Waals surface area contributed by atoms with Crippen LogP contribution in [-0.2, 0) is 0 Å². The molecule has 132 valence electrons. The van der Waals surface area contributed by atoms with E-state index in [0.29, 0.717) is 23.1 Å². The number of aliphatic hydroxyl groups is 1. The summed E-state index contributed by atoms with van der Waals surface area (Å²) in [4.78, 5) is 18.7. The summed E-state index contributed by atoms with van der Waals surface area (Å²) < 4.78 is 5.65. The van der Waals surface area contributed by atoms with Gasteiger partial charge < -0.3 is 14.7 Å². The van der Waals surface area contributed by atoms with Gasteiger partial charge in [0.05, 0.1) is 5.56 Å². The lowest BCUT2D eigenvalue weighted by Crippen LogP contribution is -2.39.